The normalized spacial score (nSPS) is 11.6. The topological polar surface area (TPSA) is 141 Å². The standard InChI is InChI=1S/C27H28N8O2/c1-4-12-27(5-2,6-3)32-25(37)22-20-11-8-7-10-18(20)15-21(23(22)36)33-34-24-19(16-28)17-31-35(24)26-29-13-9-14-30-26/h7-11,13-15,17,36H,4-6,12H2,1-3H3,(H,32,37). The number of hydrogen-bond donors (Lipinski definition) is 2. The molecule has 4 aromatic rings. The Morgan fingerprint density at radius 3 is 2.54 bits per heavy atom. The number of benzene rings is 2. The molecule has 0 atom stereocenters. The highest BCUT2D eigenvalue weighted by Gasteiger charge is 2.30. The van der Waals surface area contributed by atoms with E-state index in [1.54, 1.807) is 30.6 Å². The minimum Gasteiger partial charge on any atom is -0.505 e. The minimum atomic E-state index is -0.374. The van der Waals surface area contributed by atoms with Crippen LogP contribution in [0.2, 0.25) is 0 Å². The molecule has 2 aromatic heterocycles. The molecule has 0 radical (unpaired) electrons. The van der Waals surface area contributed by atoms with Gasteiger partial charge in [0.25, 0.3) is 11.9 Å². The van der Waals surface area contributed by atoms with E-state index in [-0.39, 0.29) is 45.8 Å². The van der Waals surface area contributed by atoms with Crippen molar-refractivity contribution in [1.29, 1.82) is 5.26 Å². The first-order chi connectivity index (χ1) is 18.0. The lowest BCUT2D eigenvalue weighted by atomic mass is 9.87. The summed E-state index contributed by atoms with van der Waals surface area (Å²) >= 11 is 0. The molecule has 1 amide bonds. The van der Waals surface area contributed by atoms with Gasteiger partial charge in [-0.15, -0.1) is 10.2 Å². The molecule has 10 heteroatoms. The van der Waals surface area contributed by atoms with Crippen LogP contribution in [0.15, 0.2) is 65.2 Å². The van der Waals surface area contributed by atoms with Gasteiger partial charge in [-0.3, -0.25) is 4.79 Å². The van der Waals surface area contributed by atoms with E-state index in [0.29, 0.717) is 10.8 Å². The Kier molecular flexibility index (Phi) is 7.53. The van der Waals surface area contributed by atoms with Crippen molar-refractivity contribution in [3.8, 4) is 17.8 Å². The quantitative estimate of drug-likeness (QED) is 0.276. The second-order valence-corrected chi connectivity index (χ2v) is 8.69. The third-order valence-corrected chi connectivity index (χ3v) is 6.55. The van der Waals surface area contributed by atoms with Crippen LogP contribution in [-0.2, 0) is 0 Å². The van der Waals surface area contributed by atoms with Gasteiger partial charge < -0.3 is 10.4 Å². The van der Waals surface area contributed by atoms with E-state index in [4.69, 9.17) is 0 Å². The van der Waals surface area contributed by atoms with E-state index in [0.717, 1.165) is 25.7 Å². The number of aromatic hydroxyl groups is 1. The van der Waals surface area contributed by atoms with Crippen LogP contribution in [0.5, 0.6) is 5.75 Å². The van der Waals surface area contributed by atoms with E-state index >= 15 is 0 Å². The Hall–Kier alpha value is -4.65. The van der Waals surface area contributed by atoms with Crippen molar-refractivity contribution in [3.63, 3.8) is 0 Å². The average Bonchev–Trinajstić information content (AvgIpc) is 3.35. The van der Waals surface area contributed by atoms with Crippen molar-refractivity contribution in [3.05, 3.63) is 66.1 Å². The smallest absolute Gasteiger partial charge is 0.256 e. The molecular formula is C27H28N8O2. The third-order valence-electron chi connectivity index (χ3n) is 6.55. The number of amides is 1. The second kappa shape index (κ2) is 11.0. The summed E-state index contributed by atoms with van der Waals surface area (Å²) in [6.45, 7) is 6.18. The Balaban J connectivity index is 1.81. The summed E-state index contributed by atoms with van der Waals surface area (Å²) in [6, 6.07) is 12.6. The molecule has 0 aliphatic carbocycles. The van der Waals surface area contributed by atoms with Crippen molar-refractivity contribution < 1.29 is 9.90 Å². The lowest BCUT2D eigenvalue weighted by Crippen LogP contribution is -2.47. The molecule has 2 aromatic carbocycles. The largest absolute Gasteiger partial charge is 0.505 e. The number of fused-ring (bicyclic) bond motifs is 1. The molecule has 0 aliphatic heterocycles. The molecule has 0 spiro atoms. The van der Waals surface area contributed by atoms with Gasteiger partial charge in [-0.1, -0.05) is 51.5 Å². The van der Waals surface area contributed by atoms with Gasteiger partial charge in [0.2, 0.25) is 0 Å². The lowest BCUT2D eigenvalue weighted by molar-refractivity contribution is 0.0883. The number of phenols is 1. The maximum absolute atomic E-state index is 13.6. The van der Waals surface area contributed by atoms with Gasteiger partial charge in [0.15, 0.2) is 11.6 Å². The summed E-state index contributed by atoms with van der Waals surface area (Å²) < 4.78 is 1.29. The highest BCUT2D eigenvalue weighted by atomic mass is 16.3. The van der Waals surface area contributed by atoms with E-state index in [1.165, 1.54) is 10.9 Å². The number of carbonyl (C=O) groups is 1. The molecule has 0 bridgehead atoms. The van der Waals surface area contributed by atoms with E-state index in [1.807, 2.05) is 24.3 Å². The summed E-state index contributed by atoms with van der Waals surface area (Å²) in [4.78, 5) is 21.9. The number of aromatic nitrogens is 4. The molecule has 188 valence electrons. The number of nitrogens with one attached hydrogen (secondary N) is 1. The second-order valence-electron chi connectivity index (χ2n) is 8.69. The highest BCUT2D eigenvalue weighted by molar-refractivity contribution is 6.11. The van der Waals surface area contributed by atoms with Crippen molar-refractivity contribution in [2.45, 2.75) is 52.0 Å². The summed E-state index contributed by atoms with van der Waals surface area (Å²) in [7, 11) is 0. The summed E-state index contributed by atoms with van der Waals surface area (Å²) in [5.41, 5.74) is 0.00363. The molecule has 2 heterocycles. The SMILES string of the molecule is CCCC(CC)(CC)NC(=O)c1c(O)c(N=Nc2c(C#N)cnn2-c2ncccn2)cc2ccccc12. The molecule has 0 saturated heterocycles. The minimum absolute atomic E-state index is 0.0866. The molecule has 4 rings (SSSR count). The van der Waals surface area contributed by atoms with Crippen LogP contribution in [0.4, 0.5) is 11.5 Å². The first kappa shape index (κ1) is 25.4. The van der Waals surface area contributed by atoms with Gasteiger partial charge in [-0.25, -0.2) is 9.97 Å². The molecular weight excluding hydrogens is 468 g/mol. The van der Waals surface area contributed by atoms with Crippen LogP contribution >= 0.6 is 0 Å². The molecule has 0 saturated carbocycles. The zero-order valence-corrected chi connectivity index (χ0v) is 21.0. The Labute approximate surface area is 214 Å². The average molecular weight is 497 g/mol. The predicted molar refractivity (Wildman–Crippen MR) is 139 cm³/mol. The highest BCUT2D eigenvalue weighted by Crippen LogP contribution is 2.38. The first-order valence-electron chi connectivity index (χ1n) is 12.2. The number of nitriles is 1. The molecule has 10 nitrogen and oxygen atoms in total. The van der Waals surface area contributed by atoms with Crippen molar-refractivity contribution in [2.75, 3.05) is 0 Å². The maximum Gasteiger partial charge on any atom is 0.256 e. The number of carbonyl (C=O) groups excluding carboxylic acids is 1. The number of rotatable bonds is 9. The fourth-order valence-corrected chi connectivity index (χ4v) is 4.42. The number of phenolic OH excluding ortho intramolecular Hbond substituents is 1. The Morgan fingerprint density at radius 1 is 1.14 bits per heavy atom. The van der Waals surface area contributed by atoms with Gasteiger partial charge in [0, 0.05) is 17.9 Å². The van der Waals surface area contributed by atoms with E-state index in [9.17, 15) is 15.2 Å². The molecule has 2 N–H and O–H groups in total. The molecule has 0 aliphatic rings. The third kappa shape index (κ3) is 5.02. The fourth-order valence-electron chi connectivity index (χ4n) is 4.42. The number of azo groups is 1. The summed E-state index contributed by atoms with van der Waals surface area (Å²) in [5, 5.41) is 37.9. The molecule has 0 unspecified atom stereocenters. The van der Waals surface area contributed by atoms with Crippen LogP contribution in [0, 0.1) is 11.3 Å². The zero-order valence-electron chi connectivity index (χ0n) is 21.0. The number of nitrogens with zero attached hydrogens (tertiary/aromatic N) is 7. The number of hydrogen-bond acceptors (Lipinski definition) is 8. The van der Waals surface area contributed by atoms with Crippen LogP contribution in [0.3, 0.4) is 0 Å². The Morgan fingerprint density at radius 2 is 1.86 bits per heavy atom. The van der Waals surface area contributed by atoms with Gasteiger partial charge in [0.05, 0.1) is 11.8 Å². The lowest BCUT2D eigenvalue weighted by Gasteiger charge is -2.33. The van der Waals surface area contributed by atoms with Crippen LogP contribution in [0.1, 0.15) is 62.4 Å². The van der Waals surface area contributed by atoms with Crippen molar-refractivity contribution in [1.82, 2.24) is 25.1 Å². The predicted octanol–water partition coefficient (Wildman–Crippen LogP) is 5.90. The van der Waals surface area contributed by atoms with Gasteiger partial charge in [-0.05, 0) is 42.2 Å². The Bertz CT molecular complexity index is 1480. The maximum atomic E-state index is 13.6. The van der Waals surface area contributed by atoms with Gasteiger partial charge in [-0.2, -0.15) is 15.0 Å². The van der Waals surface area contributed by atoms with Gasteiger partial charge >= 0.3 is 0 Å². The molecule has 37 heavy (non-hydrogen) atoms. The van der Waals surface area contributed by atoms with Crippen LogP contribution < -0.4 is 5.32 Å². The van der Waals surface area contributed by atoms with E-state index < -0.39 is 0 Å². The first-order valence-corrected chi connectivity index (χ1v) is 12.2. The zero-order chi connectivity index (χ0) is 26.4. The van der Waals surface area contributed by atoms with Crippen molar-refractivity contribution in [2.24, 2.45) is 10.2 Å². The van der Waals surface area contributed by atoms with Crippen molar-refractivity contribution >= 4 is 28.2 Å². The van der Waals surface area contributed by atoms with E-state index in [2.05, 4.69) is 51.4 Å². The van der Waals surface area contributed by atoms with Gasteiger partial charge in [0.1, 0.15) is 17.3 Å². The summed E-state index contributed by atoms with van der Waals surface area (Å²) in [6.07, 6.45) is 7.71. The van der Waals surface area contributed by atoms with Crippen LogP contribution in [0.25, 0.3) is 16.7 Å². The monoisotopic (exact) mass is 496 g/mol. The fraction of sp³-hybridized carbons (Fsp3) is 0.296. The molecule has 0 fully saturated rings. The van der Waals surface area contributed by atoms with Crippen LogP contribution in [-0.4, -0.2) is 36.3 Å². The summed E-state index contributed by atoms with van der Waals surface area (Å²) in [5.74, 6) is -0.347.